The first kappa shape index (κ1) is 9.24. The fraction of sp³-hybridized carbons (Fsp3) is 0.400. The summed E-state index contributed by atoms with van der Waals surface area (Å²) in [7, 11) is 0. The molecule has 1 aromatic carbocycles. The van der Waals surface area contributed by atoms with Crippen LogP contribution in [-0.2, 0) is 31.5 Å². The average Bonchev–Trinajstić information content (AvgIpc) is 2.06. The van der Waals surface area contributed by atoms with Gasteiger partial charge in [-0.2, -0.15) is 0 Å². The van der Waals surface area contributed by atoms with Gasteiger partial charge in [-0.1, -0.05) is 0 Å². The van der Waals surface area contributed by atoms with E-state index in [1.807, 2.05) is 0 Å². The third kappa shape index (κ3) is 2.29. The molecule has 0 bridgehead atoms. The Morgan fingerprint density at radius 3 is 2.18 bits per heavy atom. The molecule has 0 aromatic heterocycles. The van der Waals surface area contributed by atoms with Crippen LogP contribution in [0.2, 0.25) is 3.93 Å². The molecule has 0 saturated heterocycles. The van der Waals surface area contributed by atoms with Crippen LogP contribution in [0.1, 0.15) is 19.4 Å². The van der Waals surface area contributed by atoms with E-state index in [1.54, 1.807) is 0 Å². The van der Waals surface area contributed by atoms with Crippen molar-refractivity contribution in [1.82, 2.24) is 0 Å². The minimum absolute atomic E-state index is 0.421. The van der Waals surface area contributed by atoms with E-state index in [0.717, 1.165) is 26.1 Å². The summed E-state index contributed by atoms with van der Waals surface area (Å²) in [5.74, 6) is 0. The zero-order valence-corrected chi connectivity index (χ0v) is 12.8. The molecule has 0 nitrogen and oxygen atoms in total. The van der Waals surface area contributed by atoms with Gasteiger partial charge in [0, 0.05) is 0 Å². The second-order valence-corrected chi connectivity index (χ2v) is 5.44. The van der Waals surface area contributed by atoms with Crippen LogP contribution in [0.5, 0.6) is 0 Å². The number of benzene rings is 1. The van der Waals surface area contributed by atoms with Crippen LogP contribution in [0.15, 0.2) is 30.3 Å². The third-order valence-electron chi connectivity index (χ3n) is 2.18. The van der Waals surface area contributed by atoms with E-state index < -0.39 is 0 Å². The van der Waals surface area contributed by atoms with Crippen molar-refractivity contribution in [2.45, 2.75) is 23.2 Å². The van der Waals surface area contributed by atoms with Crippen molar-refractivity contribution in [1.29, 1.82) is 0 Å². The molecule has 1 rings (SSSR count). The van der Waals surface area contributed by atoms with Gasteiger partial charge in [-0.25, -0.2) is 0 Å². The molecule has 0 saturated carbocycles. The topological polar surface area (TPSA) is 0 Å². The van der Waals surface area contributed by atoms with Crippen LogP contribution >= 0.6 is 0 Å². The second-order valence-electron chi connectivity index (χ2n) is 3.50. The molecular weight excluding hydrogens is 321 g/mol. The van der Waals surface area contributed by atoms with Crippen molar-refractivity contribution < 1.29 is 26.1 Å². The Balaban J connectivity index is 2.93. The third-order valence-corrected chi connectivity index (χ3v) is 7.04. The number of hydrogen-bond acceptors (Lipinski definition) is 0. The van der Waals surface area contributed by atoms with Gasteiger partial charge in [-0.15, -0.1) is 0 Å². The van der Waals surface area contributed by atoms with Gasteiger partial charge in [0.2, 0.25) is 0 Å². The van der Waals surface area contributed by atoms with E-state index in [1.165, 1.54) is 9.49 Å². The zero-order chi connectivity index (χ0) is 8.32. The first-order chi connectivity index (χ1) is 5.17. The predicted molar refractivity (Wildman–Crippen MR) is 44.3 cm³/mol. The Bertz CT molecular complexity index is 214. The summed E-state index contributed by atoms with van der Waals surface area (Å²) in [6, 6.07) is 10.8. The van der Waals surface area contributed by atoms with Gasteiger partial charge in [0.05, 0.1) is 0 Å². The van der Waals surface area contributed by atoms with Gasteiger partial charge in [-0.3, -0.25) is 0 Å². The molecule has 0 aliphatic carbocycles. The first-order valence-corrected chi connectivity index (χ1v) is 7.90. The number of hydrogen-bond donors (Lipinski definition) is 0. The summed E-state index contributed by atoms with van der Waals surface area (Å²) < 4.78 is 1.39. The summed E-state index contributed by atoms with van der Waals surface area (Å²) in [5, 5.41) is 0. The molecule has 55 valence electrons. The summed E-state index contributed by atoms with van der Waals surface area (Å²) in [5.41, 5.74) is 1.90. The van der Waals surface area contributed by atoms with Crippen molar-refractivity contribution in [3.05, 3.63) is 35.9 Å². The normalized spacial score (nSPS) is 11.6. The Morgan fingerprint density at radius 2 is 1.73 bits per heavy atom. The van der Waals surface area contributed by atoms with Gasteiger partial charge in [0.15, 0.2) is 0 Å². The van der Waals surface area contributed by atoms with Crippen LogP contribution in [0, 0.1) is 0 Å². The van der Waals surface area contributed by atoms with Crippen LogP contribution in [0.25, 0.3) is 0 Å². The first-order valence-electron chi connectivity index (χ1n) is 4.01. The SMILES string of the molecule is CC(C)([CH2][Hg])c1ccccc1. The molecule has 1 aromatic rings. The predicted octanol–water partition coefficient (Wildman–Crippen LogP) is 2.93. The van der Waals surface area contributed by atoms with Crippen LogP contribution in [0.3, 0.4) is 0 Å². The Hall–Kier alpha value is 0.155. The van der Waals surface area contributed by atoms with E-state index in [9.17, 15) is 0 Å². The molecule has 0 unspecified atom stereocenters. The standard InChI is InChI=1S/C10H13.Hg/c1-10(2,3)9-7-5-4-6-8-9;/h4-8H,1H2,2-3H3;. The fourth-order valence-corrected chi connectivity index (χ4v) is 2.16. The molecule has 0 amide bonds. The van der Waals surface area contributed by atoms with Crippen molar-refractivity contribution >= 4 is 0 Å². The van der Waals surface area contributed by atoms with E-state index in [4.69, 9.17) is 0 Å². The van der Waals surface area contributed by atoms with E-state index in [0.29, 0.717) is 5.41 Å². The van der Waals surface area contributed by atoms with Crippen molar-refractivity contribution in [2.24, 2.45) is 0 Å². The van der Waals surface area contributed by atoms with Crippen molar-refractivity contribution in [3.8, 4) is 0 Å². The fourth-order valence-electron chi connectivity index (χ4n) is 1.03. The summed E-state index contributed by atoms with van der Waals surface area (Å²) in [6.07, 6.45) is 0. The molecule has 0 spiro atoms. The van der Waals surface area contributed by atoms with E-state index >= 15 is 0 Å². The van der Waals surface area contributed by atoms with Crippen molar-refractivity contribution in [3.63, 3.8) is 0 Å². The summed E-state index contributed by atoms with van der Waals surface area (Å²) in [4.78, 5) is 0. The molecule has 0 aliphatic rings. The molecule has 0 fully saturated rings. The molecular formula is C10H13Hg. The zero-order valence-electron chi connectivity index (χ0n) is 7.30. The minimum atomic E-state index is 0.421. The second kappa shape index (κ2) is 3.71. The van der Waals surface area contributed by atoms with Gasteiger partial charge in [0.1, 0.15) is 0 Å². The monoisotopic (exact) mass is 335 g/mol. The maximum atomic E-state index is 2.33. The summed E-state index contributed by atoms with van der Waals surface area (Å²) in [6.45, 7) is 4.66. The number of rotatable bonds is 2. The van der Waals surface area contributed by atoms with Gasteiger partial charge in [-0.05, 0) is 0 Å². The van der Waals surface area contributed by atoms with Crippen LogP contribution in [-0.4, -0.2) is 0 Å². The molecule has 0 radical (unpaired) electrons. The Kier molecular flexibility index (Phi) is 3.11. The van der Waals surface area contributed by atoms with E-state index in [2.05, 4.69) is 44.2 Å². The Labute approximate surface area is 85.0 Å². The Morgan fingerprint density at radius 1 is 1.18 bits per heavy atom. The van der Waals surface area contributed by atoms with Crippen LogP contribution < -0.4 is 0 Å². The molecule has 0 aliphatic heterocycles. The van der Waals surface area contributed by atoms with Gasteiger partial charge < -0.3 is 0 Å². The van der Waals surface area contributed by atoms with Gasteiger partial charge in [0.25, 0.3) is 0 Å². The quantitative estimate of drug-likeness (QED) is 0.730. The average molecular weight is 334 g/mol. The molecule has 11 heavy (non-hydrogen) atoms. The molecule has 1 heteroatoms. The molecule has 0 heterocycles. The molecule has 0 atom stereocenters. The van der Waals surface area contributed by atoms with Crippen LogP contribution in [0.4, 0.5) is 0 Å². The van der Waals surface area contributed by atoms with Crippen molar-refractivity contribution in [2.75, 3.05) is 0 Å². The summed E-state index contributed by atoms with van der Waals surface area (Å²) >= 11 is 0.903. The maximum absolute atomic E-state index is 2.33. The van der Waals surface area contributed by atoms with E-state index in [-0.39, 0.29) is 0 Å². The van der Waals surface area contributed by atoms with Gasteiger partial charge >= 0.3 is 85.2 Å². The molecule has 0 N–H and O–H groups in total.